The molecule has 3 heterocycles. The van der Waals surface area contributed by atoms with Crippen LogP contribution in [0.25, 0.3) is 0 Å². The average Bonchev–Trinajstić information content (AvgIpc) is 3.14. The maximum atomic E-state index is 13.2. The molecule has 0 aliphatic carbocycles. The summed E-state index contributed by atoms with van der Waals surface area (Å²) in [7, 11) is 0. The van der Waals surface area contributed by atoms with Gasteiger partial charge in [0.2, 0.25) is 11.8 Å². The molecule has 7 nitrogen and oxygen atoms in total. The quantitative estimate of drug-likeness (QED) is 0.672. The van der Waals surface area contributed by atoms with Crippen LogP contribution in [-0.2, 0) is 19.1 Å². The maximum Gasteiger partial charge on any atom is 0.310 e. The number of esters is 1. The summed E-state index contributed by atoms with van der Waals surface area (Å²) in [5.74, 6) is -1.81. The lowest BCUT2D eigenvalue weighted by Gasteiger charge is -2.35. The molecule has 2 bridgehead atoms. The van der Waals surface area contributed by atoms with Gasteiger partial charge in [0.25, 0.3) is 0 Å². The van der Waals surface area contributed by atoms with Crippen molar-refractivity contribution in [3.8, 4) is 0 Å². The SMILES string of the molecule is CCOC(=O)[C@@H]1[C@H]2C(=O)N(CCO)C(C(=O)NC(C)(C)C)C23CC[C@H]1S3. The third-order valence-corrected chi connectivity index (χ3v) is 7.40. The molecule has 5 atom stereocenters. The molecule has 2 unspecified atom stereocenters. The lowest BCUT2D eigenvalue weighted by molar-refractivity contribution is -0.153. The molecular weight excluding hydrogens is 356 g/mol. The fourth-order valence-corrected chi connectivity index (χ4v) is 6.95. The van der Waals surface area contributed by atoms with Crippen molar-refractivity contribution in [2.75, 3.05) is 19.8 Å². The minimum atomic E-state index is -0.666. The molecule has 3 aliphatic rings. The summed E-state index contributed by atoms with van der Waals surface area (Å²) in [5.41, 5.74) is -0.429. The number of carbonyl (C=O) groups excluding carboxylic acids is 3. The van der Waals surface area contributed by atoms with E-state index in [2.05, 4.69) is 5.32 Å². The molecule has 0 aromatic carbocycles. The highest BCUT2D eigenvalue weighted by molar-refractivity contribution is 8.02. The van der Waals surface area contributed by atoms with Crippen molar-refractivity contribution < 1.29 is 24.2 Å². The van der Waals surface area contributed by atoms with Gasteiger partial charge in [-0.25, -0.2) is 0 Å². The molecule has 2 N–H and O–H groups in total. The maximum absolute atomic E-state index is 13.2. The van der Waals surface area contributed by atoms with E-state index in [1.54, 1.807) is 18.7 Å². The van der Waals surface area contributed by atoms with Gasteiger partial charge in [0.15, 0.2) is 0 Å². The Balaban J connectivity index is 1.98. The largest absolute Gasteiger partial charge is 0.466 e. The second kappa shape index (κ2) is 6.71. The smallest absolute Gasteiger partial charge is 0.310 e. The van der Waals surface area contributed by atoms with Gasteiger partial charge in [-0.15, -0.1) is 11.8 Å². The van der Waals surface area contributed by atoms with Crippen molar-refractivity contribution in [3.63, 3.8) is 0 Å². The number of aliphatic hydroxyl groups is 1. The van der Waals surface area contributed by atoms with Gasteiger partial charge < -0.3 is 20.1 Å². The molecule has 0 aromatic heterocycles. The van der Waals surface area contributed by atoms with Gasteiger partial charge in [-0.1, -0.05) is 0 Å². The minimum Gasteiger partial charge on any atom is -0.466 e. The van der Waals surface area contributed by atoms with E-state index in [0.29, 0.717) is 0 Å². The summed E-state index contributed by atoms with van der Waals surface area (Å²) in [6, 6.07) is -0.666. The van der Waals surface area contributed by atoms with E-state index in [1.165, 1.54) is 4.90 Å². The summed E-state index contributed by atoms with van der Waals surface area (Å²) in [4.78, 5) is 40.3. The van der Waals surface area contributed by atoms with Crippen LogP contribution < -0.4 is 5.32 Å². The van der Waals surface area contributed by atoms with Crippen LogP contribution >= 0.6 is 11.8 Å². The van der Waals surface area contributed by atoms with E-state index >= 15 is 0 Å². The van der Waals surface area contributed by atoms with Crippen LogP contribution in [0.2, 0.25) is 0 Å². The van der Waals surface area contributed by atoms with Crippen molar-refractivity contribution in [2.24, 2.45) is 11.8 Å². The highest BCUT2D eigenvalue weighted by atomic mass is 32.2. The number of nitrogens with one attached hydrogen (secondary N) is 1. The van der Waals surface area contributed by atoms with Crippen LogP contribution in [0, 0.1) is 11.8 Å². The van der Waals surface area contributed by atoms with Gasteiger partial charge in [0.05, 0.1) is 29.8 Å². The first-order valence-corrected chi connectivity index (χ1v) is 10.1. The number of rotatable bonds is 5. The van der Waals surface area contributed by atoms with Gasteiger partial charge >= 0.3 is 5.97 Å². The van der Waals surface area contributed by atoms with E-state index in [1.807, 2.05) is 20.8 Å². The highest BCUT2D eigenvalue weighted by Gasteiger charge is 2.73. The van der Waals surface area contributed by atoms with Gasteiger partial charge in [0.1, 0.15) is 6.04 Å². The van der Waals surface area contributed by atoms with Crippen LogP contribution in [-0.4, -0.2) is 69.1 Å². The van der Waals surface area contributed by atoms with E-state index in [4.69, 9.17) is 4.74 Å². The molecule has 3 aliphatic heterocycles. The van der Waals surface area contributed by atoms with Gasteiger partial charge in [0, 0.05) is 17.3 Å². The molecule has 146 valence electrons. The van der Waals surface area contributed by atoms with Crippen LogP contribution in [0.1, 0.15) is 40.5 Å². The lowest BCUT2D eigenvalue weighted by atomic mass is 9.71. The Labute approximate surface area is 158 Å². The first-order valence-electron chi connectivity index (χ1n) is 9.24. The number of likely N-dealkylation sites (tertiary alicyclic amines) is 1. The Morgan fingerprint density at radius 3 is 2.69 bits per heavy atom. The van der Waals surface area contributed by atoms with Crippen molar-refractivity contribution in [1.82, 2.24) is 10.2 Å². The van der Waals surface area contributed by atoms with Gasteiger partial charge in [-0.3, -0.25) is 14.4 Å². The Bertz CT molecular complexity index is 619. The summed E-state index contributed by atoms with van der Waals surface area (Å²) in [5, 5.41) is 12.4. The lowest BCUT2D eigenvalue weighted by Crippen LogP contribution is -2.57. The molecular formula is C18H28N2O5S. The van der Waals surface area contributed by atoms with Gasteiger partial charge in [-0.2, -0.15) is 0 Å². The Morgan fingerprint density at radius 2 is 2.12 bits per heavy atom. The van der Waals surface area contributed by atoms with Crippen LogP contribution in [0.5, 0.6) is 0 Å². The number of thioether (sulfide) groups is 1. The monoisotopic (exact) mass is 384 g/mol. The fourth-order valence-electron chi connectivity index (χ4n) is 4.75. The molecule has 3 saturated heterocycles. The molecule has 0 aromatic rings. The predicted octanol–water partition coefficient (Wildman–Crippen LogP) is 0.548. The molecule has 8 heteroatoms. The normalized spacial score (nSPS) is 35.6. The Hall–Kier alpha value is -1.28. The first-order chi connectivity index (χ1) is 12.2. The standard InChI is InChI=1S/C18H28N2O5S/c1-5-25-16(24)11-10-6-7-18(26-10)12(11)15(23)20(8-9-21)13(18)14(22)19-17(2,3)4/h10-13,21H,5-9H2,1-4H3,(H,19,22)/t10-,11+,12+,13?,18?/m1/s1. The number of nitrogens with zero attached hydrogens (tertiary/aromatic N) is 1. The first kappa shape index (κ1) is 19.5. The van der Waals surface area contributed by atoms with Gasteiger partial charge in [-0.05, 0) is 40.5 Å². The van der Waals surface area contributed by atoms with Crippen LogP contribution in [0.15, 0.2) is 0 Å². The Morgan fingerprint density at radius 1 is 1.42 bits per heavy atom. The number of hydrogen-bond donors (Lipinski definition) is 2. The molecule has 2 amide bonds. The molecule has 3 rings (SSSR count). The zero-order valence-corrected chi connectivity index (χ0v) is 16.6. The molecule has 1 spiro atoms. The number of β-amino-alcohol motifs (C(OH)–C–C–N with tert-alkyl or cyclic N) is 1. The predicted molar refractivity (Wildman–Crippen MR) is 97.4 cm³/mol. The topological polar surface area (TPSA) is 95.9 Å². The number of aliphatic hydroxyl groups excluding tert-OH is 1. The second-order valence-corrected chi connectivity index (χ2v) is 9.90. The minimum absolute atomic E-state index is 0.0178. The molecule has 0 radical (unpaired) electrons. The zero-order chi connectivity index (χ0) is 19.3. The second-order valence-electron chi connectivity index (χ2n) is 8.30. The zero-order valence-electron chi connectivity index (χ0n) is 15.8. The fraction of sp³-hybridized carbons (Fsp3) is 0.833. The number of ether oxygens (including phenoxy) is 1. The van der Waals surface area contributed by atoms with Crippen molar-refractivity contribution in [2.45, 2.75) is 62.1 Å². The summed E-state index contributed by atoms with van der Waals surface area (Å²) < 4.78 is 4.62. The molecule has 26 heavy (non-hydrogen) atoms. The third-order valence-electron chi connectivity index (χ3n) is 5.45. The number of carbonyl (C=O) groups is 3. The highest BCUT2D eigenvalue weighted by Crippen LogP contribution is 2.66. The third kappa shape index (κ3) is 2.91. The number of fused-ring (bicyclic) bond motifs is 1. The van der Waals surface area contributed by atoms with E-state index < -0.39 is 28.2 Å². The molecule has 3 fully saturated rings. The summed E-state index contributed by atoms with van der Waals surface area (Å²) >= 11 is 1.60. The van der Waals surface area contributed by atoms with Crippen molar-refractivity contribution in [1.29, 1.82) is 0 Å². The average molecular weight is 384 g/mol. The summed E-state index contributed by atoms with van der Waals surface area (Å²) in [6.07, 6.45) is 1.52. The molecule has 0 saturated carbocycles. The summed E-state index contributed by atoms with van der Waals surface area (Å²) in [6.45, 7) is 7.60. The number of amides is 2. The van der Waals surface area contributed by atoms with E-state index in [9.17, 15) is 19.5 Å². The van der Waals surface area contributed by atoms with Crippen LogP contribution in [0.4, 0.5) is 0 Å². The Kier molecular flexibility index (Phi) is 5.03. The van der Waals surface area contributed by atoms with Crippen molar-refractivity contribution >= 4 is 29.5 Å². The van der Waals surface area contributed by atoms with Crippen molar-refractivity contribution in [3.05, 3.63) is 0 Å². The van der Waals surface area contributed by atoms with E-state index in [-0.39, 0.29) is 42.8 Å². The van der Waals surface area contributed by atoms with E-state index in [0.717, 1.165) is 12.8 Å². The number of hydrogen-bond acceptors (Lipinski definition) is 6. The van der Waals surface area contributed by atoms with Crippen LogP contribution in [0.3, 0.4) is 0 Å².